The molecule has 1 aliphatic rings. The van der Waals surface area contributed by atoms with Crippen molar-refractivity contribution in [3.05, 3.63) is 65.2 Å². The Hall–Kier alpha value is -3.39. The second-order valence-electron chi connectivity index (χ2n) is 6.93. The van der Waals surface area contributed by atoms with Gasteiger partial charge in [-0.3, -0.25) is 9.59 Å². The first-order valence-electron chi connectivity index (χ1n) is 8.31. The minimum Gasteiger partial charge on any atom is -0.326 e. The fourth-order valence-electron chi connectivity index (χ4n) is 3.03. The zero-order chi connectivity index (χ0) is 18.7. The zero-order valence-electron chi connectivity index (χ0n) is 14.7. The van der Waals surface area contributed by atoms with Gasteiger partial charge in [0.25, 0.3) is 0 Å². The highest BCUT2D eigenvalue weighted by atomic mass is 16.2. The van der Waals surface area contributed by atoms with Gasteiger partial charge in [-0.05, 0) is 41.5 Å². The number of nitrogens with one attached hydrogen (secondary N) is 2. The molecule has 5 heteroatoms. The van der Waals surface area contributed by atoms with Crippen LogP contribution in [-0.4, -0.2) is 11.8 Å². The fraction of sp³-hybridized carbons (Fsp3) is 0.190. The van der Waals surface area contributed by atoms with E-state index in [1.807, 2.05) is 26.0 Å². The Morgan fingerprint density at radius 2 is 1.96 bits per heavy atom. The van der Waals surface area contributed by atoms with Crippen molar-refractivity contribution < 1.29 is 9.59 Å². The summed E-state index contributed by atoms with van der Waals surface area (Å²) >= 11 is 0. The SMILES string of the molecule is CC1(C)CC(=O)Nc2cc(NC(=O)C=Cc3ccc(C#N)cc3)ccc21. The molecular weight excluding hydrogens is 326 g/mol. The van der Waals surface area contributed by atoms with Crippen molar-refractivity contribution in [3.63, 3.8) is 0 Å². The van der Waals surface area contributed by atoms with Crippen LogP contribution in [0.25, 0.3) is 6.08 Å². The van der Waals surface area contributed by atoms with Gasteiger partial charge >= 0.3 is 0 Å². The van der Waals surface area contributed by atoms with E-state index in [0.29, 0.717) is 17.7 Å². The van der Waals surface area contributed by atoms with Gasteiger partial charge in [0.2, 0.25) is 11.8 Å². The maximum atomic E-state index is 12.1. The summed E-state index contributed by atoms with van der Waals surface area (Å²) in [5.74, 6) is -0.289. The Bertz CT molecular complexity index is 935. The van der Waals surface area contributed by atoms with Gasteiger partial charge in [-0.2, -0.15) is 5.26 Å². The number of nitriles is 1. The van der Waals surface area contributed by atoms with E-state index >= 15 is 0 Å². The summed E-state index contributed by atoms with van der Waals surface area (Å²) in [4.78, 5) is 24.0. The normalized spacial score (nSPS) is 15.0. The second-order valence-corrected chi connectivity index (χ2v) is 6.93. The van der Waals surface area contributed by atoms with Crippen LogP contribution in [0.15, 0.2) is 48.5 Å². The maximum Gasteiger partial charge on any atom is 0.248 e. The van der Waals surface area contributed by atoms with Crippen LogP contribution in [0.3, 0.4) is 0 Å². The molecule has 2 aromatic rings. The van der Waals surface area contributed by atoms with Crippen molar-refractivity contribution in [2.45, 2.75) is 25.7 Å². The predicted octanol–water partition coefficient (Wildman–Crippen LogP) is 3.83. The largest absolute Gasteiger partial charge is 0.326 e. The van der Waals surface area contributed by atoms with Crippen molar-refractivity contribution in [3.8, 4) is 6.07 Å². The molecule has 2 amide bonds. The number of anilines is 2. The van der Waals surface area contributed by atoms with Gasteiger partial charge in [0.15, 0.2) is 0 Å². The molecule has 0 unspecified atom stereocenters. The molecular formula is C21H19N3O2. The minimum absolute atomic E-state index is 0.0216. The number of amides is 2. The Balaban J connectivity index is 1.72. The summed E-state index contributed by atoms with van der Waals surface area (Å²) < 4.78 is 0. The number of rotatable bonds is 3. The number of benzene rings is 2. The maximum absolute atomic E-state index is 12.1. The van der Waals surface area contributed by atoms with Crippen LogP contribution < -0.4 is 10.6 Å². The van der Waals surface area contributed by atoms with E-state index in [1.165, 1.54) is 6.08 Å². The van der Waals surface area contributed by atoms with Crippen molar-refractivity contribution in [1.29, 1.82) is 5.26 Å². The fourth-order valence-corrected chi connectivity index (χ4v) is 3.03. The second kappa shape index (κ2) is 6.85. The van der Waals surface area contributed by atoms with Crippen LogP contribution in [0.1, 0.15) is 37.0 Å². The lowest BCUT2D eigenvalue weighted by Crippen LogP contribution is -2.32. The van der Waals surface area contributed by atoms with Crippen LogP contribution in [-0.2, 0) is 15.0 Å². The number of fused-ring (bicyclic) bond motifs is 1. The van der Waals surface area contributed by atoms with Crippen LogP contribution >= 0.6 is 0 Å². The average molecular weight is 345 g/mol. The first-order valence-corrected chi connectivity index (χ1v) is 8.31. The molecule has 0 spiro atoms. The van der Waals surface area contributed by atoms with Gasteiger partial charge in [0.1, 0.15) is 0 Å². The van der Waals surface area contributed by atoms with Crippen molar-refractivity contribution in [1.82, 2.24) is 0 Å². The number of hydrogen-bond donors (Lipinski definition) is 2. The Morgan fingerprint density at radius 1 is 1.23 bits per heavy atom. The molecule has 0 aromatic heterocycles. The molecule has 26 heavy (non-hydrogen) atoms. The van der Waals surface area contributed by atoms with Crippen LogP contribution in [0.5, 0.6) is 0 Å². The molecule has 2 aromatic carbocycles. The van der Waals surface area contributed by atoms with E-state index in [9.17, 15) is 9.59 Å². The number of carbonyl (C=O) groups is 2. The van der Waals surface area contributed by atoms with Crippen molar-refractivity contribution >= 4 is 29.3 Å². The molecule has 0 fully saturated rings. The predicted molar refractivity (Wildman–Crippen MR) is 102 cm³/mol. The lowest BCUT2D eigenvalue weighted by molar-refractivity contribution is -0.117. The third-order valence-corrected chi connectivity index (χ3v) is 4.36. The Morgan fingerprint density at radius 3 is 2.65 bits per heavy atom. The molecule has 0 saturated carbocycles. The van der Waals surface area contributed by atoms with E-state index in [-0.39, 0.29) is 17.2 Å². The highest BCUT2D eigenvalue weighted by Crippen LogP contribution is 2.38. The van der Waals surface area contributed by atoms with Gasteiger partial charge in [0.05, 0.1) is 11.6 Å². The van der Waals surface area contributed by atoms with Gasteiger partial charge < -0.3 is 10.6 Å². The first kappa shape index (κ1) is 17.4. The molecule has 0 saturated heterocycles. The van der Waals surface area contributed by atoms with Gasteiger partial charge in [-0.25, -0.2) is 0 Å². The van der Waals surface area contributed by atoms with E-state index in [1.54, 1.807) is 36.4 Å². The molecule has 0 atom stereocenters. The summed E-state index contributed by atoms with van der Waals surface area (Å²) in [6.45, 7) is 4.06. The van der Waals surface area contributed by atoms with Gasteiger partial charge in [-0.1, -0.05) is 32.0 Å². The third-order valence-electron chi connectivity index (χ3n) is 4.36. The summed E-state index contributed by atoms with van der Waals surface area (Å²) in [6.07, 6.45) is 3.56. The Kier molecular flexibility index (Phi) is 4.59. The van der Waals surface area contributed by atoms with E-state index in [0.717, 1.165) is 16.8 Å². The summed E-state index contributed by atoms with van der Waals surface area (Å²) in [7, 11) is 0. The highest BCUT2D eigenvalue weighted by molar-refractivity contribution is 6.03. The molecule has 0 aliphatic carbocycles. The third kappa shape index (κ3) is 3.81. The summed E-state index contributed by atoms with van der Waals surface area (Å²) in [5, 5.41) is 14.4. The molecule has 1 heterocycles. The molecule has 1 aliphatic heterocycles. The van der Waals surface area contributed by atoms with Crippen LogP contribution in [0.4, 0.5) is 11.4 Å². The van der Waals surface area contributed by atoms with Crippen LogP contribution in [0.2, 0.25) is 0 Å². The van der Waals surface area contributed by atoms with Crippen LogP contribution in [0, 0.1) is 11.3 Å². The molecule has 5 nitrogen and oxygen atoms in total. The van der Waals surface area contributed by atoms with E-state index in [4.69, 9.17) is 5.26 Å². The standard InChI is InChI=1S/C21H19N3O2/c1-21(2)12-20(26)24-18-11-16(8-9-17(18)21)23-19(25)10-7-14-3-5-15(13-22)6-4-14/h3-11H,12H2,1-2H3,(H,23,25)(H,24,26). The average Bonchev–Trinajstić information content (AvgIpc) is 2.59. The number of nitrogens with zero attached hydrogens (tertiary/aromatic N) is 1. The monoisotopic (exact) mass is 345 g/mol. The molecule has 0 bridgehead atoms. The van der Waals surface area contributed by atoms with E-state index < -0.39 is 0 Å². The quantitative estimate of drug-likeness (QED) is 0.830. The summed E-state index contributed by atoms with van der Waals surface area (Å²) in [6, 6.07) is 14.6. The molecule has 130 valence electrons. The minimum atomic E-state index is -0.268. The smallest absolute Gasteiger partial charge is 0.248 e. The summed E-state index contributed by atoms with van der Waals surface area (Å²) in [5.41, 5.74) is 3.60. The Labute approximate surface area is 152 Å². The molecule has 3 rings (SSSR count). The van der Waals surface area contributed by atoms with Crippen molar-refractivity contribution in [2.75, 3.05) is 10.6 Å². The number of hydrogen-bond acceptors (Lipinski definition) is 3. The topological polar surface area (TPSA) is 82.0 Å². The van der Waals surface area contributed by atoms with E-state index in [2.05, 4.69) is 16.7 Å². The zero-order valence-corrected chi connectivity index (χ0v) is 14.7. The van der Waals surface area contributed by atoms with Gasteiger partial charge in [0, 0.05) is 29.3 Å². The highest BCUT2D eigenvalue weighted by Gasteiger charge is 2.31. The number of carbonyl (C=O) groups excluding carboxylic acids is 2. The lowest BCUT2D eigenvalue weighted by Gasteiger charge is -2.32. The van der Waals surface area contributed by atoms with Gasteiger partial charge in [-0.15, -0.1) is 0 Å². The first-order chi connectivity index (χ1) is 12.4. The molecule has 0 radical (unpaired) electrons. The lowest BCUT2D eigenvalue weighted by atomic mass is 9.78. The molecule has 2 N–H and O–H groups in total. The van der Waals surface area contributed by atoms with Crippen molar-refractivity contribution in [2.24, 2.45) is 0 Å².